The molecule has 0 spiro atoms. The first-order chi connectivity index (χ1) is 10.3. The van der Waals surface area contributed by atoms with E-state index >= 15 is 0 Å². The van der Waals surface area contributed by atoms with Crippen molar-refractivity contribution < 1.29 is 0 Å². The van der Waals surface area contributed by atoms with Gasteiger partial charge >= 0.3 is 0 Å². The van der Waals surface area contributed by atoms with Gasteiger partial charge in [0.05, 0.1) is 27.3 Å². The highest BCUT2D eigenvalue weighted by atomic mass is 32.1. The van der Waals surface area contributed by atoms with Crippen molar-refractivity contribution in [2.75, 3.05) is 0 Å². The molecule has 1 aliphatic carbocycles. The molecule has 4 rings (SSSR count). The molecule has 0 atom stereocenters. The van der Waals surface area contributed by atoms with Gasteiger partial charge in [-0.15, -0.1) is 11.3 Å². The molecule has 1 aromatic carbocycles. The van der Waals surface area contributed by atoms with Crippen molar-refractivity contribution in [3.05, 3.63) is 46.2 Å². The summed E-state index contributed by atoms with van der Waals surface area (Å²) in [5.74, 6) is 1.24. The molecule has 0 radical (unpaired) electrons. The molecule has 2 aromatic heterocycles. The molecule has 1 saturated carbocycles. The summed E-state index contributed by atoms with van der Waals surface area (Å²) in [6.07, 6.45) is 4.29. The number of rotatable bonds is 3. The van der Waals surface area contributed by atoms with E-state index in [1.807, 2.05) is 29.6 Å². The Balaban J connectivity index is 1.72. The Bertz CT molecular complexity index is 844. The van der Waals surface area contributed by atoms with Crippen molar-refractivity contribution in [2.45, 2.75) is 18.8 Å². The van der Waals surface area contributed by atoms with E-state index < -0.39 is 0 Å². The molecule has 0 aliphatic heterocycles. The number of nitriles is 1. The molecule has 1 N–H and O–H groups in total. The molecule has 1 fully saturated rings. The highest BCUT2D eigenvalue weighted by Crippen LogP contribution is 2.41. The van der Waals surface area contributed by atoms with Gasteiger partial charge in [0.25, 0.3) is 0 Å². The molecule has 0 bridgehead atoms. The number of nitrogens with zero attached hydrogens (tertiary/aromatic N) is 3. The lowest BCUT2D eigenvalue weighted by Crippen LogP contribution is -1.85. The predicted octanol–water partition coefficient (Wildman–Crippen LogP) is 3.96. The van der Waals surface area contributed by atoms with Crippen LogP contribution in [0.25, 0.3) is 22.7 Å². The summed E-state index contributed by atoms with van der Waals surface area (Å²) in [6.45, 7) is 0. The maximum absolute atomic E-state index is 9.39. The highest BCUT2D eigenvalue weighted by Gasteiger charge is 2.26. The summed E-state index contributed by atoms with van der Waals surface area (Å²) in [7, 11) is 0. The van der Waals surface area contributed by atoms with Crippen LogP contribution in [-0.4, -0.2) is 15.0 Å². The van der Waals surface area contributed by atoms with E-state index in [9.17, 15) is 5.26 Å². The monoisotopic (exact) mass is 292 g/mol. The van der Waals surface area contributed by atoms with E-state index in [0.717, 1.165) is 16.7 Å². The van der Waals surface area contributed by atoms with Crippen LogP contribution in [0.15, 0.2) is 29.6 Å². The maximum atomic E-state index is 9.39. The Morgan fingerprint density at radius 3 is 2.95 bits per heavy atom. The summed E-state index contributed by atoms with van der Waals surface area (Å²) in [6, 6.07) is 9.98. The summed E-state index contributed by atoms with van der Waals surface area (Å²) < 4.78 is 0. The average Bonchev–Trinajstić information content (AvgIpc) is 3.10. The van der Waals surface area contributed by atoms with E-state index in [1.54, 1.807) is 17.4 Å². The first-order valence-electron chi connectivity index (χ1n) is 6.86. The smallest absolute Gasteiger partial charge is 0.149 e. The molecule has 2 heterocycles. The van der Waals surface area contributed by atoms with Gasteiger partial charge in [-0.1, -0.05) is 12.1 Å². The van der Waals surface area contributed by atoms with Crippen LogP contribution < -0.4 is 0 Å². The molecular formula is C16H12N4S. The molecule has 1 aliphatic rings. The lowest BCUT2D eigenvalue weighted by molar-refractivity contribution is 1.08. The number of aromatic amines is 1. The van der Waals surface area contributed by atoms with Crippen molar-refractivity contribution in [3.8, 4) is 6.07 Å². The van der Waals surface area contributed by atoms with Crippen LogP contribution >= 0.6 is 11.3 Å². The zero-order chi connectivity index (χ0) is 14.2. The van der Waals surface area contributed by atoms with Gasteiger partial charge in [-0.3, -0.25) is 0 Å². The number of thiazole rings is 1. The van der Waals surface area contributed by atoms with Gasteiger partial charge < -0.3 is 4.98 Å². The first-order valence-corrected chi connectivity index (χ1v) is 7.74. The Labute approximate surface area is 125 Å². The second kappa shape index (κ2) is 4.83. The van der Waals surface area contributed by atoms with Gasteiger partial charge in [0, 0.05) is 11.3 Å². The van der Waals surface area contributed by atoms with Gasteiger partial charge in [-0.05, 0) is 31.1 Å². The van der Waals surface area contributed by atoms with Gasteiger partial charge in [0.15, 0.2) is 0 Å². The van der Waals surface area contributed by atoms with Crippen LogP contribution in [0.3, 0.4) is 0 Å². The number of fused-ring (bicyclic) bond motifs is 1. The van der Waals surface area contributed by atoms with Crippen LogP contribution in [-0.2, 0) is 0 Å². The molecule has 0 saturated heterocycles. The molecule has 4 nitrogen and oxygen atoms in total. The van der Waals surface area contributed by atoms with Gasteiger partial charge in [-0.25, -0.2) is 9.97 Å². The predicted molar refractivity (Wildman–Crippen MR) is 83.7 cm³/mol. The van der Waals surface area contributed by atoms with Crippen LogP contribution in [0.5, 0.6) is 0 Å². The number of H-pyrrole nitrogens is 1. The Morgan fingerprint density at radius 2 is 2.19 bits per heavy atom. The van der Waals surface area contributed by atoms with E-state index in [-0.39, 0.29) is 0 Å². The standard InChI is InChI=1S/C16H12N4S/c17-8-11(7-12-9-21-16(18-12)10-5-6-10)15-19-13-3-1-2-4-14(13)20-15/h1-4,7,9-10H,5-6H2,(H,19,20). The minimum absolute atomic E-state index is 0.513. The molecule has 21 heavy (non-hydrogen) atoms. The third-order valence-corrected chi connectivity index (χ3v) is 4.55. The zero-order valence-electron chi connectivity index (χ0n) is 11.2. The lowest BCUT2D eigenvalue weighted by atomic mass is 10.2. The van der Waals surface area contributed by atoms with Crippen LogP contribution in [0.2, 0.25) is 0 Å². The van der Waals surface area contributed by atoms with Crippen LogP contribution in [0.1, 0.15) is 35.3 Å². The number of nitrogens with one attached hydrogen (secondary N) is 1. The molecule has 5 heteroatoms. The van der Waals surface area contributed by atoms with Crippen molar-refractivity contribution in [3.63, 3.8) is 0 Å². The number of benzene rings is 1. The normalized spacial score (nSPS) is 15.3. The quantitative estimate of drug-likeness (QED) is 0.743. The van der Waals surface area contributed by atoms with Crippen LogP contribution in [0, 0.1) is 11.3 Å². The first kappa shape index (κ1) is 12.3. The van der Waals surface area contributed by atoms with Crippen molar-refractivity contribution in [2.24, 2.45) is 0 Å². The molecule has 3 aromatic rings. The van der Waals surface area contributed by atoms with Gasteiger partial charge in [-0.2, -0.15) is 5.26 Å². The van der Waals surface area contributed by atoms with Crippen molar-refractivity contribution in [1.82, 2.24) is 15.0 Å². The van der Waals surface area contributed by atoms with Gasteiger partial charge in [0.1, 0.15) is 11.9 Å². The Hall–Kier alpha value is -2.45. The summed E-state index contributed by atoms with van der Waals surface area (Å²) >= 11 is 1.68. The molecule has 0 amide bonds. The number of aromatic nitrogens is 3. The Kier molecular flexibility index (Phi) is 2.83. The fourth-order valence-electron chi connectivity index (χ4n) is 2.27. The van der Waals surface area contributed by atoms with Crippen molar-refractivity contribution in [1.29, 1.82) is 5.26 Å². The molecular weight excluding hydrogens is 280 g/mol. The average molecular weight is 292 g/mol. The van der Waals surface area contributed by atoms with Crippen LogP contribution in [0.4, 0.5) is 0 Å². The number of para-hydroxylation sites is 2. The second-order valence-corrected chi connectivity index (χ2v) is 6.05. The minimum Gasteiger partial charge on any atom is -0.337 e. The third-order valence-electron chi connectivity index (χ3n) is 3.52. The topological polar surface area (TPSA) is 65.4 Å². The highest BCUT2D eigenvalue weighted by molar-refractivity contribution is 7.09. The summed E-state index contributed by atoms with van der Waals surface area (Å²) in [5.41, 5.74) is 3.16. The molecule has 0 unspecified atom stereocenters. The number of hydrogen-bond donors (Lipinski definition) is 1. The van der Waals surface area contributed by atoms with E-state index in [1.165, 1.54) is 17.8 Å². The maximum Gasteiger partial charge on any atom is 0.149 e. The largest absolute Gasteiger partial charge is 0.337 e. The summed E-state index contributed by atoms with van der Waals surface area (Å²) in [5, 5.41) is 12.6. The minimum atomic E-state index is 0.513. The van der Waals surface area contributed by atoms with E-state index in [4.69, 9.17) is 0 Å². The summed E-state index contributed by atoms with van der Waals surface area (Å²) in [4.78, 5) is 12.2. The SMILES string of the molecule is N#CC(=Cc1csc(C2CC2)n1)c1nc2ccccc2[nH]1. The fraction of sp³-hybridized carbons (Fsp3) is 0.188. The second-order valence-electron chi connectivity index (χ2n) is 5.16. The number of imidazole rings is 1. The number of allylic oxidation sites excluding steroid dienone is 1. The Morgan fingerprint density at radius 1 is 1.33 bits per heavy atom. The van der Waals surface area contributed by atoms with Crippen molar-refractivity contribution >= 4 is 34.0 Å². The van der Waals surface area contributed by atoms with E-state index in [0.29, 0.717) is 17.3 Å². The van der Waals surface area contributed by atoms with E-state index in [2.05, 4.69) is 21.0 Å². The molecule has 102 valence electrons. The third kappa shape index (κ3) is 2.34. The number of hydrogen-bond acceptors (Lipinski definition) is 4. The van der Waals surface area contributed by atoms with Gasteiger partial charge in [0.2, 0.25) is 0 Å². The fourth-order valence-corrected chi connectivity index (χ4v) is 3.22. The lowest BCUT2D eigenvalue weighted by Gasteiger charge is -1.91. The zero-order valence-corrected chi connectivity index (χ0v) is 12.0.